The molecule has 4 heteroatoms. The van der Waals surface area contributed by atoms with Crippen molar-refractivity contribution in [2.24, 2.45) is 0 Å². The summed E-state index contributed by atoms with van der Waals surface area (Å²) < 4.78 is 11.2. The van der Waals surface area contributed by atoms with Crippen LogP contribution in [0.2, 0.25) is 0 Å². The molecular formula is C20H24N2O2. The van der Waals surface area contributed by atoms with Crippen molar-refractivity contribution in [3.8, 4) is 5.88 Å². The molecule has 0 bridgehead atoms. The molecule has 1 aliphatic heterocycles. The molecule has 0 amide bonds. The topological polar surface area (TPSA) is 43.4 Å². The fraction of sp³-hybridized carbons (Fsp3) is 0.450. The molecule has 1 atom stereocenters. The largest absolute Gasteiger partial charge is 0.472 e. The lowest BCUT2D eigenvalue weighted by Gasteiger charge is -2.36. The lowest BCUT2D eigenvalue weighted by Crippen LogP contribution is -2.39. The Hall–Kier alpha value is -1.91. The maximum absolute atomic E-state index is 5.87. The van der Waals surface area contributed by atoms with E-state index in [-0.39, 0.29) is 6.10 Å². The Kier molecular flexibility index (Phi) is 4.76. The highest BCUT2D eigenvalue weighted by Crippen LogP contribution is 2.36. The van der Waals surface area contributed by atoms with E-state index in [1.165, 1.54) is 24.0 Å². The minimum atomic E-state index is 0.152. The van der Waals surface area contributed by atoms with Crippen molar-refractivity contribution in [1.29, 1.82) is 0 Å². The summed E-state index contributed by atoms with van der Waals surface area (Å²) in [4.78, 5) is 4.31. The molecule has 4 rings (SSSR count). The Morgan fingerprint density at radius 3 is 2.83 bits per heavy atom. The number of nitrogens with zero attached hydrogens (tertiary/aromatic N) is 1. The average molecular weight is 324 g/mol. The van der Waals surface area contributed by atoms with E-state index in [1.807, 2.05) is 12.3 Å². The van der Waals surface area contributed by atoms with E-state index in [9.17, 15) is 0 Å². The number of ether oxygens (including phenoxy) is 2. The highest BCUT2D eigenvalue weighted by atomic mass is 16.5. The molecular weight excluding hydrogens is 300 g/mol. The summed E-state index contributed by atoms with van der Waals surface area (Å²) in [7, 11) is 0. The maximum atomic E-state index is 5.87. The van der Waals surface area contributed by atoms with Gasteiger partial charge in [-0.2, -0.15) is 0 Å². The predicted octanol–water partition coefficient (Wildman–Crippen LogP) is 3.29. The van der Waals surface area contributed by atoms with Gasteiger partial charge in [0.05, 0.1) is 13.2 Å². The van der Waals surface area contributed by atoms with Gasteiger partial charge >= 0.3 is 0 Å². The zero-order chi connectivity index (χ0) is 16.2. The fourth-order valence-electron chi connectivity index (χ4n) is 3.45. The van der Waals surface area contributed by atoms with Gasteiger partial charge in [0.1, 0.15) is 6.10 Å². The summed E-state index contributed by atoms with van der Waals surface area (Å²) in [6.45, 7) is 2.33. The highest BCUT2D eigenvalue weighted by molar-refractivity contribution is 5.24. The van der Waals surface area contributed by atoms with Crippen molar-refractivity contribution in [2.75, 3.05) is 13.2 Å². The van der Waals surface area contributed by atoms with Crippen LogP contribution in [0.15, 0.2) is 48.7 Å². The summed E-state index contributed by atoms with van der Waals surface area (Å²) in [5.41, 5.74) is 2.69. The third-order valence-corrected chi connectivity index (χ3v) is 4.98. The van der Waals surface area contributed by atoms with E-state index in [4.69, 9.17) is 9.47 Å². The van der Waals surface area contributed by atoms with Crippen molar-refractivity contribution in [3.63, 3.8) is 0 Å². The van der Waals surface area contributed by atoms with E-state index in [1.54, 1.807) is 0 Å². The smallest absolute Gasteiger partial charge is 0.213 e. The molecule has 1 aromatic heterocycles. The molecule has 4 nitrogen and oxygen atoms in total. The zero-order valence-electron chi connectivity index (χ0n) is 13.9. The molecule has 1 saturated carbocycles. The van der Waals surface area contributed by atoms with Crippen molar-refractivity contribution >= 4 is 0 Å². The van der Waals surface area contributed by atoms with Gasteiger partial charge in [-0.05, 0) is 36.0 Å². The van der Waals surface area contributed by atoms with E-state index < -0.39 is 0 Å². The number of hydrogen-bond donors (Lipinski definition) is 1. The molecule has 1 saturated heterocycles. The van der Waals surface area contributed by atoms with Gasteiger partial charge in [-0.25, -0.2) is 4.98 Å². The van der Waals surface area contributed by atoms with Gasteiger partial charge in [0.15, 0.2) is 0 Å². The Bertz CT molecular complexity index is 650. The van der Waals surface area contributed by atoms with Crippen LogP contribution in [0.1, 0.15) is 36.3 Å². The van der Waals surface area contributed by atoms with E-state index in [0.717, 1.165) is 19.6 Å². The van der Waals surface area contributed by atoms with Gasteiger partial charge in [0.2, 0.25) is 5.88 Å². The Morgan fingerprint density at radius 2 is 2.04 bits per heavy atom. The molecule has 0 spiro atoms. The molecule has 2 heterocycles. The number of pyridine rings is 1. The van der Waals surface area contributed by atoms with Crippen molar-refractivity contribution in [1.82, 2.24) is 10.3 Å². The lowest BCUT2D eigenvalue weighted by atomic mass is 9.76. The van der Waals surface area contributed by atoms with Gasteiger partial charge in [0, 0.05) is 31.3 Å². The van der Waals surface area contributed by atoms with Crippen LogP contribution in [0.25, 0.3) is 0 Å². The lowest BCUT2D eigenvalue weighted by molar-refractivity contribution is 0.138. The monoisotopic (exact) mass is 324 g/mol. The number of benzene rings is 1. The van der Waals surface area contributed by atoms with Crippen molar-refractivity contribution in [2.45, 2.75) is 43.9 Å². The van der Waals surface area contributed by atoms with Crippen LogP contribution in [0.4, 0.5) is 0 Å². The van der Waals surface area contributed by atoms with Crippen LogP contribution in [0, 0.1) is 0 Å². The predicted molar refractivity (Wildman–Crippen MR) is 93.1 cm³/mol. The first-order valence-corrected chi connectivity index (χ1v) is 8.84. The minimum Gasteiger partial charge on any atom is -0.472 e. The SMILES string of the molecule is c1ccc(C2CC(NCc3ccnc(O[C@@H]4CCOC4)c3)C2)cc1. The van der Waals surface area contributed by atoms with Crippen LogP contribution in [-0.4, -0.2) is 30.3 Å². The third kappa shape index (κ3) is 3.77. The molecule has 126 valence electrons. The summed E-state index contributed by atoms with van der Waals surface area (Å²) in [6.07, 6.45) is 5.37. The van der Waals surface area contributed by atoms with Crippen LogP contribution < -0.4 is 10.1 Å². The molecule has 2 fully saturated rings. The second-order valence-corrected chi connectivity index (χ2v) is 6.76. The summed E-state index contributed by atoms with van der Waals surface area (Å²) in [5.74, 6) is 1.42. The highest BCUT2D eigenvalue weighted by Gasteiger charge is 2.29. The first-order chi connectivity index (χ1) is 11.9. The van der Waals surface area contributed by atoms with Crippen LogP contribution in [0.5, 0.6) is 5.88 Å². The Morgan fingerprint density at radius 1 is 1.17 bits per heavy atom. The van der Waals surface area contributed by atoms with E-state index >= 15 is 0 Å². The fourth-order valence-corrected chi connectivity index (χ4v) is 3.45. The van der Waals surface area contributed by atoms with E-state index in [2.05, 4.69) is 46.7 Å². The van der Waals surface area contributed by atoms with Crippen molar-refractivity contribution in [3.05, 3.63) is 59.8 Å². The molecule has 0 unspecified atom stereocenters. The molecule has 2 aliphatic rings. The Labute approximate surface area is 143 Å². The zero-order valence-corrected chi connectivity index (χ0v) is 13.9. The number of aromatic nitrogens is 1. The van der Waals surface area contributed by atoms with Crippen molar-refractivity contribution < 1.29 is 9.47 Å². The molecule has 24 heavy (non-hydrogen) atoms. The van der Waals surface area contributed by atoms with Gasteiger partial charge in [-0.15, -0.1) is 0 Å². The molecule has 1 aromatic carbocycles. The number of hydrogen-bond acceptors (Lipinski definition) is 4. The van der Waals surface area contributed by atoms with Gasteiger partial charge in [0.25, 0.3) is 0 Å². The van der Waals surface area contributed by atoms with Crippen LogP contribution in [-0.2, 0) is 11.3 Å². The van der Waals surface area contributed by atoms with Gasteiger partial charge in [-0.1, -0.05) is 30.3 Å². The summed E-state index contributed by atoms with van der Waals surface area (Å²) in [5, 5.41) is 3.65. The third-order valence-electron chi connectivity index (χ3n) is 4.98. The first-order valence-electron chi connectivity index (χ1n) is 8.84. The normalized spacial score (nSPS) is 26.1. The molecule has 1 N–H and O–H groups in total. The molecule has 0 radical (unpaired) electrons. The van der Waals surface area contributed by atoms with Crippen LogP contribution >= 0.6 is 0 Å². The maximum Gasteiger partial charge on any atom is 0.213 e. The van der Waals surface area contributed by atoms with Gasteiger partial charge < -0.3 is 14.8 Å². The number of rotatable bonds is 6. The number of nitrogens with one attached hydrogen (secondary N) is 1. The quantitative estimate of drug-likeness (QED) is 0.885. The average Bonchev–Trinajstić information content (AvgIpc) is 3.08. The standard InChI is InChI=1S/C20H24N2O2/c1-2-4-16(5-3-1)17-11-18(12-17)22-13-15-6-8-21-20(10-15)24-19-7-9-23-14-19/h1-6,8,10,17-19,22H,7,9,11-14H2/t17?,18?,19-/m1/s1. The summed E-state index contributed by atoms with van der Waals surface area (Å²) >= 11 is 0. The first kappa shape index (κ1) is 15.6. The summed E-state index contributed by atoms with van der Waals surface area (Å²) in [6, 6.07) is 15.5. The van der Waals surface area contributed by atoms with Gasteiger partial charge in [-0.3, -0.25) is 0 Å². The Balaban J connectivity index is 1.25. The van der Waals surface area contributed by atoms with E-state index in [0.29, 0.717) is 24.4 Å². The molecule has 2 aromatic rings. The van der Waals surface area contributed by atoms with Crippen LogP contribution in [0.3, 0.4) is 0 Å². The second-order valence-electron chi connectivity index (χ2n) is 6.76. The second kappa shape index (κ2) is 7.32. The minimum absolute atomic E-state index is 0.152. The molecule has 1 aliphatic carbocycles.